The van der Waals surface area contributed by atoms with Crippen molar-refractivity contribution in [2.75, 3.05) is 13.1 Å². The van der Waals surface area contributed by atoms with E-state index in [1.807, 2.05) is 29.9 Å². The molecule has 0 saturated carbocycles. The second-order valence-electron chi connectivity index (χ2n) is 4.94. The van der Waals surface area contributed by atoms with Crippen LogP contribution in [-0.2, 0) is 13.5 Å². The molecule has 1 aliphatic rings. The van der Waals surface area contributed by atoms with Gasteiger partial charge in [0.25, 0.3) is 5.89 Å². The SMILES string of the molecule is Cn1cccc1-c1nc(CC2CCCNC2)no1. The fourth-order valence-corrected chi connectivity index (χ4v) is 2.48. The fraction of sp³-hybridized carbons (Fsp3) is 0.538. The molecule has 2 aromatic rings. The van der Waals surface area contributed by atoms with E-state index in [0.29, 0.717) is 11.8 Å². The van der Waals surface area contributed by atoms with Gasteiger partial charge < -0.3 is 14.4 Å². The number of hydrogen-bond donors (Lipinski definition) is 1. The Morgan fingerprint density at radius 3 is 3.22 bits per heavy atom. The molecule has 1 atom stereocenters. The van der Waals surface area contributed by atoms with Gasteiger partial charge in [-0.1, -0.05) is 5.16 Å². The lowest BCUT2D eigenvalue weighted by molar-refractivity contribution is 0.359. The topological polar surface area (TPSA) is 55.9 Å². The number of hydrogen-bond acceptors (Lipinski definition) is 4. The van der Waals surface area contributed by atoms with Gasteiger partial charge in [-0.25, -0.2) is 0 Å². The average Bonchev–Trinajstić information content (AvgIpc) is 2.99. The predicted octanol–water partition coefficient (Wildman–Crippen LogP) is 1.62. The molecule has 0 aromatic carbocycles. The summed E-state index contributed by atoms with van der Waals surface area (Å²) in [6, 6.07) is 3.96. The molecule has 2 aromatic heterocycles. The number of aryl methyl sites for hydroxylation is 1. The Bertz CT molecular complexity index is 511. The van der Waals surface area contributed by atoms with E-state index in [0.717, 1.165) is 31.0 Å². The van der Waals surface area contributed by atoms with Crippen LogP contribution in [0, 0.1) is 5.92 Å². The van der Waals surface area contributed by atoms with Crippen molar-refractivity contribution in [3.8, 4) is 11.6 Å². The zero-order chi connectivity index (χ0) is 12.4. The van der Waals surface area contributed by atoms with E-state index in [4.69, 9.17) is 4.52 Å². The molecule has 3 heterocycles. The lowest BCUT2D eigenvalue weighted by Crippen LogP contribution is -2.31. The molecule has 3 rings (SSSR count). The van der Waals surface area contributed by atoms with Crippen LogP contribution in [0.25, 0.3) is 11.6 Å². The number of aromatic nitrogens is 3. The van der Waals surface area contributed by atoms with Crippen molar-refractivity contribution in [2.45, 2.75) is 19.3 Å². The smallest absolute Gasteiger partial charge is 0.274 e. The van der Waals surface area contributed by atoms with Crippen LogP contribution in [0.3, 0.4) is 0 Å². The average molecular weight is 246 g/mol. The Kier molecular flexibility index (Phi) is 3.15. The van der Waals surface area contributed by atoms with E-state index in [2.05, 4.69) is 15.5 Å². The van der Waals surface area contributed by atoms with Gasteiger partial charge in [-0.3, -0.25) is 0 Å². The monoisotopic (exact) mass is 246 g/mol. The summed E-state index contributed by atoms with van der Waals surface area (Å²) in [4.78, 5) is 4.48. The first kappa shape index (κ1) is 11.5. The Labute approximate surface area is 106 Å². The Hall–Kier alpha value is -1.62. The van der Waals surface area contributed by atoms with Crippen LogP contribution >= 0.6 is 0 Å². The highest BCUT2D eigenvalue weighted by Crippen LogP contribution is 2.19. The van der Waals surface area contributed by atoms with Gasteiger partial charge in [0.1, 0.15) is 5.69 Å². The lowest BCUT2D eigenvalue weighted by Gasteiger charge is -2.20. The standard InChI is InChI=1S/C13H18N4O/c1-17-7-3-5-11(17)13-15-12(16-18-13)8-10-4-2-6-14-9-10/h3,5,7,10,14H,2,4,6,8-9H2,1H3. The maximum absolute atomic E-state index is 5.33. The second-order valence-corrected chi connectivity index (χ2v) is 4.94. The third kappa shape index (κ3) is 2.31. The molecule has 1 fully saturated rings. The molecule has 0 aliphatic carbocycles. The normalized spacial score (nSPS) is 20.2. The van der Waals surface area contributed by atoms with Crippen LogP contribution in [-0.4, -0.2) is 27.8 Å². The zero-order valence-corrected chi connectivity index (χ0v) is 10.6. The van der Waals surface area contributed by atoms with Gasteiger partial charge in [-0.2, -0.15) is 4.98 Å². The van der Waals surface area contributed by atoms with Crippen LogP contribution in [0.1, 0.15) is 18.7 Å². The van der Waals surface area contributed by atoms with Crippen LogP contribution in [0.15, 0.2) is 22.9 Å². The number of piperidine rings is 1. The number of rotatable bonds is 3. The molecule has 5 heteroatoms. The molecule has 0 bridgehead atoms. The highest BCUT2D eigenvalue weighted by molar-refractivity contribution is 5.47. The molecule has 1 aliphatic heterocycles. The summed E-state index contributed by atoms with van der Waals surface area (Å²) in [5, 5.41) is 7.49. The van der Waals surface area contributed by atoms with Crippen molar-refractivity contribution in [3.63, 3.8) is 0 Å². The lowest BCUT2D eigenvalue weighted by atomic mass is 9.96. The van der Waals surface area contributed by atoms with Gasteiger partial charge in [-0.05, 0) is 44.0 Å². The molecule has 1 saturated heterocycles. The summed E-state index contributed by atoms with van der Waals surface area (Å²) >= 11 is 0. The van der Waals surface area contributed by atoms with Crippen molar-refractivity contribution in [2.24, 2.45) is 13.0 Å². The molecule has 0 amide bonds. The second kappa shape index (κ2) is 4.94. The minimum atomic E-state index is 0.612. The van der Waals surface area contributed by atoms with Crippen LogP contribution in [0.5, 0.6) is 0 Å². The van der Waals surface area contributed by atoms with Crippen LogP contribution in [0.4, 0.5) is 0 Å². The van der Waals surface area contributed by atoms with Crippen molar-refractivity contribution >= 4 is 0 Å². The van der Waals surface area contributed by atoms with Gasteiger partial charge >= 0.3 is 0 Å². The Balaban J connectivity index is 1.71. The maximum Gasteiger partial charge on any atom is 0.274 e. The highest BCUT2D eigenvalue weighted by Gasteiger charge is 2.17. The molecule has 5 nitrogen and oxygen atoms in total. The third-order valence-corrected chi connectivity index (χ3v) is 3.50. The first-order valence-corrected chi connectivity index (χ1v) is 6.48. The van der Waals surface area contributed by atoms with Gasteiger partial charge in [-0.15, -0.1) is 0 Å². The van der Waals surface area contributed by atoms with E-state index in [1.165, 1.54) is 12.8 Å². The quantitative estimate of drug-likeness (QED) is 0.894. The van der Waals surface area contributed by atoms with E-state index in [-0.39, 0.29) is 0 Å². The van der Waals surface area contributed by atoms with Gasteiger partial charge in [0.15, 0.2) is 5.82 Å². The molecular weight excluding hydrogens is 228 g/mol. The van der Waals surface area contributed by atoms with E-state index < -0.39 is 0 Å². The first-order valence-electron chi connectivity index (χ1n) is 6.48. The van der Waals surface area contributed by atoms with Gasteiger partial charge in [0.05, 0.1) is 0 Å². The predicted molar refractivity (Wildman–Crippen MR) is 68.0 cm³/mol. The third-order valence-electron chi connectivity index (χ3n) is 3.50. The van der Waals surface area contributed by atoms with E-state index in [9.17, 15) is 0 Å². The van der Waals surface area contributed by atoms with Crippen molar-refractivity contribution in [1.29, 1.82) is 0 Å². The Morgan fingerprint density at radius 2 is 2.50 bits per heavy atom. The molecule has 96 valence electrons. The largest absolute Gasteiger partial charge is 0.347 e. The first-order chi connectivity index (χ1) is 8.83. The summed E-state index contributed by atoms with van der Waals surface area (Å²) in [5.41, 5.74) is 0.968. The molecule has 0 radical (unpaired) electrons. The summed E-state index contributed by atoms with van der Waals surface area (Å²) in [6.45, 7) is 2.20. The van der Waals surface area contributed by atoms with Crippen molar-refractivity contribution in [3.05, 3.63) is 24.2 Å². The number of nitrogens with zero attached hydrogens (tertiary/aromatic N) is 3. The van der Waals surface area contributed by atoms with Crippen molar-refractivity contribution < 1.29 is 4.52 Å². The van der Waals surface area contributed by atoms with Crippen LogP contribution < -0.4 is 5.32 Å². The van der Waals surface area contributed by atoms with E-state index in [1.54, 1.807) is 0 Å². The summed E-state index contributed by atoms with van der Waals surface area (Å²) < 4.78 is 7.31. The minimum absolute atomic E-state index is 0.612. The highest BCUT2D eigenvalue weighted by atomic mass is 16.5. The molecule has 1 unspecified atom stereocenters. The van der Waals surface area contributed by atoms with Crippen molar-refractivity contribution in [1.82, 2.24) is 20.0 Å². The number of nitrogens with one attached hydrogen (secondary N) is 1. The van der Waals surface area contributed by atoms with Crippen LogP contribution in [0.2, 0.25) is 0 Å². The van der Waals surface area contributed by atoms with Gasteiger partial charge in [0, 0.05) is 19.7 Å². The summed E-state index contributed by atoms with van der Waals surface area (Å²) in [5.74, 6) is 2.07. The van der Waals surface area contributed by atoms with Gasteiger partial charge in [0.2, 0.25) is 0 Å². The zero-order valence-electron chi connectivity index (χ0n) is 10.6. The molecule has 18 heavy (non-hydrogen) atoms. The fourth-order valence-electron chi connectivity index (χ4n) is 2.48. The molecular formula is C13H18N4O. The Morgan fingerprint density at radius 1 is 1.56 bits per heavy atom. The summed E-state index contributed by atoms with van der Waals surface area (Å²) in [7, 11) is 1.98. The summed E-state index contributed by atoms with van der Waals surface area (Å²) in [6.07, 6.45) is 5.37. The minimum Gasteiger partial charge on any atom is -0.347 e. The molecule has 1 N–H and O–H groups in total. The molecule has 0 spiro atoms. The maximum atomic E-state index is 5.33. The van der Waals surface area contributed by atoms with E-state index >= 15 is 0 Å².